The summed E-state index contributed by atoms with van der Waals surface area (Å²) < 4.78 is 42.8. The maximum absolute atomic E-state index is 10.4. The molecule has 23 heteroatoms. The zero-order chi connectivity index (χ0) is 38.4. The molecule has 1 unspecified atom stereocenters. The predicted molar refractivity (Wildman–Crippen MR) is 185 cm³/mol. The van der Waals surface area contributed by atoms with Crippen molar-refractivity contribution in [3.63, 3.8) is 0 Å². The van der Waals surface area contributed by atoms with Gasteiger partial charge in [-0.3, -0.25) is 27.9 Å². The Labute approximate surface area is 283 Å². The van der Waals surface area contributed by atoms with Crippen LogP contribution in [-0.4, -0.2) is 107 Å². The zero-order valence-electron chi connectivity index (χ0n) is 28.3. The average molecular weight is 783 g/mol. The lowest BCUT2D eigenvalue weighted by atomic mass is 10.2. The van der Waals surface area contributed by atoms with Gasteiger partial charge < -0.3 is 29.4 Å². The van der Waals surface area contributed by atoms with Crippen LogP contribution in [0.5, 0.6) is 0 Å². The van der Waals surface area contributed by atoms with E-state index in [0.29, 0.717) is 5.69 Å². The van der Waals surface area contributed by atoms with Gasteiger partial charge in [0, 0.05) is 59.3 Å². The van der Waals surface area contributed by atoms with Crippen LogP contribution in [0.1, 0.15) is 32.5 Å². The van der Waals surface area contributed by atoms with E-state index in [1.807, 2.05) is 18.2 Å². The number of carboxylic acid groups (broad SMARTS) is 2. The summed E-state index contributed by atoms with van der Waals surface area (Å²) in [4.78, 5) is 72.8. The van der Waals surface area contributed by atoms with Gasteiger partial charge in [0.2, 0.25) is 7.94 Å². The number of hydrogen-bond donors (Lipinski definition) is 6. The average Bonchev–Trinajstić information content (AvgIpc) is 3.25. The van der Waals surface area contributed by atoms with Crippen molar-refractivity contribution in [1.82, 2.24) is 8.75 Å². The Kier molecular flexibility index (Phi) is 44.4. The molecule has 0 aliphatic carbocycles. The fourth-order valence-corrected chi connectivity index (χ4v) is 1.50. The van der Waals surface area contributed by atoms with Crippen molar-refractivity contribution in [2.75, 3.05) is 61.8 Å². The Morgan fingerprint density at radius 2 is 1.15 bits per heavy atom. The molecule has 0 bridgehead atoms. The van der Waals surface area contributed by atoms with Gasteiger partial charge in [0.15, 0.2) is 14.7 Å². The molecule has 1 atom stereocenters. The molecule has 0 aliphatic heterocycles. The maximum atomic E-state index is 10.4. The van der Waals surface area contributed by atoms with Crippen LogP contribution in [0.15, 0.2) is 35.1 Å². The normalized spacial score (nSPS) is 10.9. The fourth-order valence-electron chi connectivity index (χ4n) is 0.857. The molecule has 0 saturated carbocycles. The first-order chi connectivity index (χ1) is 20.4. The number of aliphatic carboxylic acids is 2. The van der Waals surface area contributed by atoms with Crippen LogP contribution in [0.25, 0.3) is 0 Å². The quantitative estimate of drug-likeness (QED) is 0.242. The van der Waals surface area contributed by atoms with Gasteiger partial charge in [0.25, 0.3) is 17.5 Å². The number of aryl methyl sites for hydroxylation is 2. The molecule has 2 aromatic rings. The molecule has 0 saturated heterocycles. The Morgan fingerprint density at radius 3 is 1.21 bits per heavy atom. The second-order valence-electron chi connectivity index (χ2n) is 8.44. The molecule has 1 heterocycles. The van der Waals surface area contributed by atoms with Crippen molar-refractivity contribution in [3.05, 3.63) is 51.9 Å². The SMILES string of the molecule is C.CC(=O)O.CC(=O)O.COP(C)(C)=O.CO[P+](C)([O-])O.CO[P+]([O-])(O)OC.CP(C)(=O)O.Cc1ccccc1.Cc1ns[nH]c1=O. The van der Waals surface area contributed by atoms with E-state index < -0.39 is 42.8 Å². The molecule has 0 aliphatic rings. The first-order valence-electron chi connectivity index (χ1n) is 12.0. The lowest BCUT2D eigenvalue weighted by molar-refractivity contribution is -0.237. The third-order valence-electron chi connectivity index (χ3n) is 2.83. The van der Waals surface area contributed by atoms with E-state index in [-0.39, 0.29) is 13.0 Å². The number of nitrogens with one attached hydrogen (secondary N) is 1. The summed E-state index contributed by atoms with van der Waals surface area (Å²) in [6.07, 6.45) is 0. The van der Waals surface area contributed by atoms with Crippen molar-refractivity contribution in [3.8, 4) is 0 Å². The van der Waals surface area contributed by atoms with E-state index in [4.69, 9.17) is 34.5 Å². The molecule has 47 heavy (non-hydrogen) atoms. The molecule has 18 nitrogen and oxygen atoms in total. The first-order valence-corrected chi connectivity index (χ1v) is 21.4. The van der Waals surface area contributed by atoms with Gasteiger partial charge in [-0.25, -0.2) is 9.42 Å². The number of benzene rings is 1. The van der Waals surface area contributed by atoms with Gasteiger partial charge >= 0.3 is 8.17 Å². The summed E-state index contributed by atoms with van der Waals surface area (Å²) in [5, 5.41) is 14.8. The van der Waals surface area contributed by atoms with Crippen molar-refractivity contribution in [1.29, 1.82) is 0 Å². The topological polar surface area (TPSA) is 298 Å². The third kappa shape index (κ3) is 99.0. The van der Waals surface area contributed by atoms with E-state index in [9.17, 15) is 23.7 Å². The highest BCUT2D eigenvalue weighted by atomic mass is 32.1. The van der Waals surface area contributed by atoms with Gasteiger partial charge in [-0.15, -0.1) is 0 Å². The Bertz CT molecular complexity index is 1110. The zero-order valence-corrected chi connectivity index (χ0v) is 32.7. The van der Waals surface area contributed by atoms with Crippen LogP contribution in [-0.2, 0) is 36.8 Å². The smallest absolute Gasteiger partial charge is 0.376 e. The summed E-state index contributed by atoms with van der Waals surface area (Å²) in [5.74, 6) is -1.67. The Balaban J connectivity index is -0.0000000783. The number of phosphoric ester groups is 1. The molecule has 2 rings (SSSR count). The predicted octanol–water partition coefficient (Wildman–Crippen LogP) is 3.33. The second-order valence-corrected chi connectivity index (χ2v) is 18.1. The molecule has 0 fully saturated rings. The van der Waals surface area contributed by atoms with Gasteiger partial charge in [-0.2, -0.15) is 18.3 Å². The van der Waals surface area contributed by atoms with Crippen molar-refractivity contribution >= 4 is 54.5 Å². The Morgan fingerprint density at radius 1 is 0.872 bits per heavy atom. The highest BCUT2D eigenvalue weighted by Gasteiger charge is 2.20. The summed E-state index contributed by atoms with van der Waals surface area (Å²) in [6.45, 7) is 12.8. The molecule has 0 spiro atoms. The summed E-state index contributed by atoms with van der Waals surface area (Å²) in [6, 6.07) is 10.3. The Hall–Kier alpha value is -1.52. The van der Waals surface area contributed by atoms with Crippen LogP contribution >= 0.6 is 42.6 Å². The number of aromatic amines is 1. The maximum Gasteiger partial charge on any atom is 0.376 e. The summed E-state index contributed by atoms with van der Waals surface area (Å²) in [7, 11) is -6.74. The third-order valence-corrected chi connectivity index (χ3v) is 5.95. The molecule has 1 aromatic carbocycles. The minimum Gasteiger partial charge on any atom is -0.632 e. The molecular weight excluding hydrogens is 728 g/mol. The number of carboxylic acids is 2. The number of aromatic nitrogens is 2. The molecule has 0 amide bonds. The van der Waals surface area contributed by atoms with Crippen molar-refractivity contribution in [2.24, 2.45) is 0 Å². The van der Waals surface area contributed by atoms with E-state index in [1.54, 1.807) is 20.3 Å². The minimum absolute atomic E-state index is 0. The first kappa shape index (κ1) is 60.8. The number of phosphoric acid groups is 1. The summed E-state index contributed by atoms with van der Waals surface area (Å²) in [5.41, 5.74) is 1.79. The van der Waals surface area contributed by atoms with Gasteiger partial charge in [-0.05, 0) is 13.8 Å². The highest BCUT2D eigenvalue weighted by molar-refractivity contribution is 7.57. The van der Waals surface area contributed by atoms with Gasteiger partial charge in [-0.1, -0.05) is 43.3 Å². The monoisotopic (exact) mass is 782 g/mol. The molecule has 1 aromatic heterocycles. The number of rotatable bonds is 4. The molecule has 282 valence electrons. The van der Waals surface area contributed by atoms with E-state index in [1.165, 1.54) is 33.1 Å². The fraction of sp³-hybridized carbons (Fsp3) is 0.583. The van der Waals surface area contributed by atoms with E-state index in [2.05, 4.69) is 45.9 Å². The van der Waals surface area contributed by atoms with Crippen LogP contribution < -0.4 is 15.3 Å². The molecule has 6 N–H and O–H groups in total. The summed E-state index contributed by atoms with van der Waals surface area (Å²) >= 11 is 1.08. The van der Waals surface area contributed by atoms with Crippen LogP contribution in [0, 0.1) is 13.8 Å². The number of carbonyl (C=O) groups is 2. The van der Waals surface area contributed by atoms with Crippen LogP contribution in [0.2, 0.25) is 0 Å². The van der Waals surface area contributed by atoms with Gasteiger partial charge in [0.05, 0.1) is 28.0 Å². The molecular formula is C24H54N2O16P4S. The lowest BCUT2D eigenvalue weighted by Gasteiger charge is -2.13. The van der Waals surface area contributed by atoms with Crippen LogP contribution in [0.4, 0.5) is 0 Å². The van der Waals surface area contributed by atoms with E-state index >= 15 is 0 Å². The van der Waals surface area contributed by atoms with Crippen LogP contribution in [0.3, 0.4) is 0 Å². The van der Waals surface area contributed by atoms with Crippen molar-refractivity contribution in [2.45, 2.75) is 35.1 Å². The number of nitrogens with zero attached hydrogens (tertiary/aromatic N) is 1. The van der Waals surface area contributed by atoms with Gasteiger partial charge in [0.1, 0.15) is 5.69 Å². The van der Waals surface area contributed by atoms with Crippen molar-refractivity contribution < 1.29 is 71.5 Å². The number of H-pyrrole nitrogens is 1. The van der Waals surface area contributed by atoms with E-state index in [0.717, 1.165) is 46.5 Å². The highest BCUT2D eigenvalue weighted by Crippen LogP contribution is 2.44. The largest absolute Gasteiger partial charge is 0.632 e. The minimum atomic E-state index is -3.65. The standard InChI is InChI=1S/C7H8.C3H4N2OS.C3H9O2P.C2H7O4P.C2H7O3P.C2H7O2P.2C2H4O2.CH4/c1-7-5-3-2-4-6-7;1-2-3(6)5-7-4-2;1-5-6(2,3)4;1-5-7(3,4)6-2;1-5-6(2,3)4;1-5(2,3)4;2*1-2(3)4;/h2-6H,1H3;1H3,(H,5,6);1-3H3;1-2H3,(H,3,4);1-2H3,(H,3,4);1-2H3,(H,3,4);2*1H3,(H,3,4);1H4. The lowest BCUT2D eigenvalue weighted by Crippen LogP contribution is -2.10. The second kappa shape index (κ2) is 34.3. The number of hydrogen-bond acceptors (Lipinski definition) is 15. The molecule has 0 radical (unpaired) electrons.